The number of aromatic nitrogens is 4. The molecule has 0 radical (unpaired) electrons. The van der Waals surface area contributed by atoms with E-state index in [4.69, 9.17) is 14.5 Å². The van der Waals surface area contributed by atoms with Gasteiger partial charge in [-0.1, -0.05) is 17.3 Å². The Kier molecular flexibility index (Phi) is 7.49. The molecule has 43 heavy (non-hydrogen) atoms. The molecular weight excluding hydrogens is 569 g/mol. The average Bonchev–Trinajstić information content (AvgIpc) is 3.75. The van der Waals surface area contributed by atoms with Crippen LogP contribution in [0, 0.1) is 11.3 Å². The maximum absolute atomic E-state index is 13.0. The van der Waals surface area contributed by atoms with E-state index in [2.05, 4.69) is 25.0 Å². The second kappa shape index (κ2) is 11.4. The Morgan fingerprint density at radius 1 is 1.02 bits per heavy atom. The molecule has 222 valence electrons. The first kappa shape index (κ1) is 28.2. The predicted molar refractivity (Wildman–Crippen MR) is 146 cm³/mol. The summed E-state index contributed by atoms with van der Waals surface area (Å²) in [4.78, 5) is 26.7. The van der Waals surface area contributed by atoms with Crippen LogP contribution in [0.1, 0.15) is 48.6 Å². The lowest BCUT2D eigenvalue weighted by Gasteiger charge is -2.33. The second-order valence-electron chi connectivity index (χ2n) is 10.3. The maximum atomic E-state index is 13.0. The molecule has 1 aliphatic carbocycles. The van der Waals surface area contributed by atoms with Crippen LogP contribution in [0.15, 0.2) is 62.6 Å². The van der Waals surface area contributed by atoms with Crippen LogP contribution in [0.2, 0.25) is 0 Å². The molecule has 3 heterocycles. The third-order valence-corrected chi connectivity index (χ3v) is 7.49. The van der Waals surface area contributed by atoms with Gasteiger partial charge in [0.25, 0.3) is 5.56 Å². The zero-order chi connectivity index (χ0) is 30.1. The number of hydrogen-bond acceptors (Lipinski definition) is 9. The van der Waals surface area contributed by atoms with Crippen LogP contribution in [0.4, 0.5) is 18.9 Å². The van der Waals surface area contributed by atoms with Crippen molar-refractivity contribution in [3.05, 3.63) is 86.4 Å². The number of nitrogens with one attached hydrogen (secondary N) is 1. The average molecular weight is 595 g/mol. The van der Waals surface area contributed by atoms with Gasteiger partial charge in [0.05, 0.1) is 18.4 Å². The Morgan fingerprint density at radius 2 is 1.72 bits per heavy atom. The summed E-state index contributed by atoms with van der Waals surface area (Å²) >= 11 is 0. The second-order valence-corrected chi connectivity index (χ2v) is 10.3. The lowest BCUT2D eigenvalue weighted by atomic mass is 10.0. The van der Waals surface area contributed by atoms with Crippen molar-refractivity contribution in [1.82, 2.24) is 19.9 Å². The third kappa shape index (κ3) is 6.02. The summed E-state index contributed by atoms with van der Waals surface area (Å²) in [6.45, 7) is 1.49. The minimum Gasteiger partial charge on any atom is -0.405 e. The molecule has 1 N–H and O–H groups in total. The Balaban J connectivity index is 1.13. The largest absolute Gasteiger partial charge is 0.573 e. The Labute approximate surface area is 242 Å². The van der Waals surface area contributed by atoms with Gasteiger partial charge in [0.1, 0.15) is 23.3 Å². The van der Waals surface area contributed by atoms with E-state index in [0.717, 1.165) is 23.1 Å². The number of alkyl halides is 3. The molecule has 1 aliphatic heterocycles. The molecule has 2 fully saturated rings. The molecule has 1 saturated heterocycles. The highest BCUT2D eigenvalue weighted by molar-refractivity contribution is 5.70. The van der Waals surface area contributed by atoms with Crippen molar-refractivity contribution in [3.63, 3.8) is 0 Å². The zero-order valence-corrected chi connectivity index (χ0v) is 22.6. The lowest BCUT2D eigenvalue weighted by molar-refractivity contribution is -0.274. The highest BCUT2D eigenvalue weighted by Gasteiger charge is 2.36. The van der Waals surface area contributed by atoms with Crippen LogP contribution in [0.3, 0.4) is 0 Å². The first-order valence-electron chi connectivity index (χ1n) is 13.6. The highest BCUT2D eigenvalue weighted by atomic mass is 19.4. The van der Waals surface area contributed by atoms with E-state index in [1.54, 1.807) is 36.4 Å². The minimum atomic E-state index is -4.85. The van der Waals surface area contributed by atoms with Gasteiger partial charge in [-0.05, 0) is 62.1 Å². The van der Waals surface area contributed by atoms with E-state index in [-0.39, 0.29) is 35.6 Å². The van der Waals surface area contributed by atoms with Gasteiger partial charge in [-0.3, -0.25) is 4.79 Å². The number of ether oxygens (including phenoxy) is 2. The fourth-order valence-corrected chi connectivity index (χ4v) is 5.22. The highest BCUT2D eigenvalue weighted by Crippen LogP contribution is 2.45. The van der Waals surface area contributed by atoms with Crippen molar-refractivity contribution >= 4 is 5.69 Å². The molecule has 2 aromatic carbocycles. The van der Waals surface area contributed by atoms with Crippen molar-refractivity contribution in [2.24, 2.45) is 0 Å². The van der Waals surface area contributed by atoms with Crippen LogP contribution < -0.4 is 20.9 Å². The molecule has 0 amide bonds. The van der Waals surface area contributed by atoms with Crippen molar-refractivity contribution in [1.29, 1.82) is 5.26 Å². The van der Waals surface area contributed by atoms with Gasteiger partial charge in [-0.2, -0.15) is 10.4 Å². The number of aromatic amines is 1. The summed E-state index contributed by atoms with van der Waals surface area (Å²) in [5.74, 6) is 0.462. The Morgan fingerprint density at radius 3 is 2.40 bits per heavy atom. The van der Waals surface area contributed by atoms with Crippen LogP contribution >= 0.6 is 0 Å². The minimum absolute atomic E-state index is 0.0923. The van der Waals surface area contributed by atoms with Crippen molar-refractivity contribution < 1.29 is 27.2 Å². The number of halogens is 3. The molecule has 4 aromatic rings. The Hall–Kier alpha value is -4.90. The van der Waals surface area contributed by atoms with E-state index in [9.17, 15) is 22.8 Å². The fraction of sp³-hybridized carbons (Fsp3) is 0.345. The van der Waals surface area contributed by atoms with Gasteiger partial charge in [-0.15, -0.1) is 13.2 Å². The number of piperidine rings is 1. The number of hydrogen-bond donors (Lipinski definition) is 1. The molecule has 0 spiro atoms. The number of rotatable bonds is 8. The number of nitrogens with zero attached hydrogens (tertiary/aromatic N) is 5. The monoisotopic (exact) mass is 594 g/mol. The van der Waals surface area contributed by atoms with Gasteiger partial charge < -0.3 is 18.9 Å². The molecule has 11 nitrogen and oxygen atoms in total. The van der Waals surface area contributed by atoms with E-state index in [1.807, 2.05) is 0 Å². The molecule has 1 saturated carbocycles. The van der Waals surface area contributed by atoms with E-state index in [1.165, 1.54) is 18.2 Å². The van der Waals surface area contributed by atoms with Gasteiger partial charge in [0.15, 0.2) is 0 Å². The molecule has 0 atom stereocenters. The number of nitriles is 1. The fourth-order valence-electron chi connectivity index (χ4n) is 5.22. The summed E-state index contributed by atoms with van der Waals surface area (Å²) in [5, 5.41) is 18.8. The standard InChI is InChI=1S/C29H25F3N6O5/c30-29(31,32)42-24-4-2-1-3-21(24)25-22(26(43-36-25)17-5-6-17)16-41-20-11-13-37(14-12-20)18-7-9-19(10-8-18)38-27(39)23(15-33)34-35-28(38)40/h1-4,7-10,17,20H,5-6,11-14,16H2,(H,35,40). The number of benzene rings is 2. The predicted octanol–water partition coefficient (Wildman–Crippen LogP) is 4.41. The van der Waals surface area contributed by atoms with Gasteiger partial charge in [0.2, 0.25) is 5.69 Å². The summed E-state index contributed by atoms with van der Waals surface area (Å²) in [5.41, 5.74) is 0.360. The summed E-state index contributed by atoms with van der Waals surface area (Å²) in [6, 6.07) is 14.4. The number of anilines is 1. The SMILES string of the molecule is N#Cc1n[nH]c(=O)n(-c2ccc(N3CCC(OCc4c(-c5ccccc5OC(F)(F)F)noc4C4CC4)CC3)cc2)c1=O. The third-order valence-electron chi connectivity index (χ3n) is 7.49. The van der Waals surface area contributed by atoms with Gasteiger partial charge in [0, 0.05) is 35.8 Å². The van der Waals surface area contributed by atoms with Crippen LogP contribution in [-0.2, 0) is 11.3 Å². The lowest BCUT2D eigenvalue weighted by Crippen LogP contribution is -2.37. The zero-order valence-electron chi connectivity index (χ0n) is 22.6. The number of para-hydroxylation sites is 1. The number of H-pyrrole nitrogens is 1. The molecule has 14 heteroatoms. The quantitative estimate of drug-likeness (QED) is 0.314. The molecule has 0 bridgehead atoms. The normalized spacial score (nSPS) is 15.8. The topological polar surface area (TPSA) is 139 Å². The molecule has 2 aromatic heterocycles. The summed E-state index contributed by atoms with van der Waals surface area (Å²) in [7, 11) is 0. The first-order valence-corrected chi connectivity index (χ1v) is 13.6. The van der Waals surface area contributed by atoms with Crippen LogP contribution in [0.25, 0.3) is 16.9 Å². The molecule has 0 unspecified atom stereocenters. The maximum Gasteiger partial charge on any atom is 0.573 e. The molecule has 6 rings (SSSR count). The van der Waals surface area contributed by atoms with E-state index < -0.39 is 23.3 Å². The van der Waals surface area contributed by atoms with E-state index in [0.29, 0.717) is 42.9 Å². The smallest absolute Gasteiger partial charge is 0.405 e. The first-order chi connectivity index (χ1) is 20.7. The van der Waals surface area contributed by atoms with Crippen molar-refractivity contribution in [3.8, 4) is 28.8 Å². The van der Waals surface area contributed by atoms with Gasteiger partial charge >= 0.3 is 12.1 Å². The summed E-state index contributed by atoms with van der Waals surface area (Å²) < 4.78 is 56.1. The van der Waals surface area contributed by atoms with Gasteiger partial charge in [-0.25, -0.2) is 14.5 Å². The summed E-state index contributed by atoms with van der Waals surface area (Å²) in [6.07, 6.45) is -1.70. The Bertz CT molecular complexity index is 1780. The van der Waals surface area contributed by atoms with Crippen molar-refractivity contribution in [2.45, 2.75) is 50.7 Å². The van der Waals surface area contributed by atoms with Crippen LogP contribution in [0.5, 0.6) is 5.75 Å². The molecular formula is C29H25F3N6O5. The molecule has 2 aliphatic rings. The van der Waals surface area contributed by atoms with Crippen LogP contribution in [-0.4, -0.2) is 45.5 Å². The van der Waals surface area contributed by atoms with Crippen molar-refractivity contribution in [2.75, 3.05) is 18.0 Å². The van der Waals surface area contributed by atoms with E-state index >= 15 is 0 Å².